The van der Waals surface area contributed by atoms with Crippen LogP contribution >= 0.6 is 0 Å². The Morgan fingerprint density at radius 3 is 2.45 bits per heavy atom. The molecule has 2 aromatic rings. The lowest BCUT2D eigenvalue weighted by Crippen LogP contribution is -2.46. The van der Waals surface area contributed by atoms with Gasteiger partial charge in [-0.1, -0.05) is 35.5 Å². The maximum absolute atomic E-state index is 5.14. The monoisotopic (exact) mass is 299 g/mol. The molecule has 1 aromatic carbocycles. The zero-order valence-electron chi connectivity index (χ0n) is 13.4. The highest BCUT2D eigenvalue weighted by molar-refractivity contribution is 5.14. The van der Waals surface area contributed by atoms with Gasteiger partial charge in [-0.3, -0.25) is 4.90 Å². The first-order valence-electron chi connectivity index (χ1n) is 8.20. The predicted octanol–water partition coefficient (Wildman–Crippen LogP) is 2.73. The van der Waals surface area contributed by atoms with Crippen molar-refractivity contribution in [3.05, 3.63) is 53.4 Å². The molecule has 1 aliphatic heterocycles. The summed E-state index contributed by atoms with van der Waals surface area (Å²) in [5.74, 6) is 0.898. The third kappa shape index (κ3) is 4.42. The second kappa shape index (κ2) is 7.56. The molecule has 0 bridgehead atoms. The first-order chi connectivity index (χ1) is 10.8. The van der Waals surface area contributed by atoms with Crippen molar-refractivity contribution in [2.24, 2.45) is 0 Å². The summed E-state index contributed by atoms with van der Waals surface area (Å²) in [5, 5.41) is 4.08. The summed E-state index contributed by atoms with van der Waals surface area (Å²) in [6.45, 7) is 8.62. The highest BCUT2D eigenvalue weighted by Gasteiger charge is 2.17. The summed E-state index contributed by atoms with van der Waals surface area (Å²) >= 11 is 0. The third-order valence-corrected chi connectivity index (χ3v) is 4.31. The highest BCUT2D eigenvalue weighted by atomic mass is 16.5. The van der Waals surface area contributed by atoms with E-state index in [1.807, 2.05) is 13.0 Å². The maximum atomic E-state index is 5.14. The predicted molar refractivity (Wildman–Crippen MR) is 87.7 cm³/mol. The number of aromatic nitrogens is 1. The SMILES string of the molecule is Cc1cc(CN2CCN(CCCc3ccccc3)CC2)no1. The molecule has 4 nitrogen and oxygen atoms in total. The topological polar surface area (TPSA) is 32.5 Å². The Balaban J connectivity index is 1.35. The molecule has 0 atom stereocenters. The van der Waals surface area contributed by atoms with Crippen LogP contribution in [-0.2, 0) is 13.0 Å². The number of rotatable bonds is 6. The summed E-state index contributed by atoms with van der Waals surface area (Å²) in [6.07, 6.45) is 2.42. The molecule has 22 heavy (non-hydrogen) atoms. The number of aryl methyl sites for hydroxylation is 2. The zero-order valence-corrected chi connectivity index (χ0v) is 13.4. The molecule has 0 unspecified atom stereocenters. The van der Waals surface area contributed by atoms with Gasteiger partial charge < -0.3 is 9.42 Å². The molecular weight excluding hydrogens is 274 g/mol. The normalized spacial score (nSPS) is 17.0. The van der Waals surface area contributed by atoms with E-state index in [9.17, 15) is 0 Å². The number of hydrogen-bond acceptors (Lipinski definition) is 4. The molecule has 0 aliphatic carbocycles. The Labute approximate surface area is 132 Å². The zero-order chi connectivity index (χ0) is 15.2. The van der Waals surface area contributed by atoms with Gasteiger partial charge in [-0.2, -0.15) is 0 Å². The number of benzene rings is 1. The van der Waals surface area contributed by atoms with Gasteiger partial charge >= 0.3 is 0 Å². The lowest BCUT2D eigenvalue weighted by atomic mass is 10.1. The van der Waals surface area contributed by atoms with Crippen LogP contribution in [0.2, 0.25) is 0 Å². The van der Waals surface area contributed by atoms with Crippen molar-refractivity contribution < 1.29 is 4.52 Å². The van der Waals surface area contributed by atoms with Crippen LogP contribution in [0.15, 0.2) is 40.9 Å². The molecule has 1 fully saturated rings. The molecule has 0 N–H and O–H groups in total. The van der Waals surface area contributed by atoms with E-state index in [-0.39, 0.29) is 0 Å². The maximum Gasteiger partial charge on any atom is 0.133 e. The second-order valence-electron chi connectivity index (χ2n) is 6.14. The van der Waals surface area contributed by atoms with E-state index >= 15 is 0 Å². The Kier molecular flexibility index (Phi) is 5.24. The molecule has 1 aliphatic rings. The van der Waals surface area contributed by atoms with E-state index in [1.54, 1.807) is 0 Å². The summed E-state index contributed by atoms with van der Waals surface area (Å²) in [5.41, 5.74) is 2.50. The molecule has 118 valence electrons. The minimum Gasteiger partial charge on any atom is -0.361 e. The molecule has 0 saturated carbocycles. The van der Waals surface area contributed by atoms with Gasteiger partial charge in [0.05, 0.1) is 5.69 Å². The van der Waals surface area contributed by atoms with Crippen molar-refractivity contribution >= 4 is 0 Å². The quantitative estimate of drug-likeness (QED) is 0.821. The fourth-order valence-electron chi connectivity index (χ4n) is 3.04. The van der Waals surface area contributed by atoms with Crippen LogP contribution in [-0.4, -0.2) is 47.7 Å². The summed E-state index contributed by atoms with van der Waals surface area (Å²) < 4.78 is 5.14. The largest absolute Gasteiger partial charge is 0.361 e. The van der Waals surface area contributed by atoms with E-state index in [0.717, 1.165) is 44.2 Å². The summed E-state index contributed by atoms with van der Waals surface area (Å²) in [4.78, 5) is 5.04. The molecule has 4 heteroatoms. The van der Waals surface area contributed by atoms with E-state index in [4.69, 9.17) is 4.52 Å². The van der Waals surface area contributed by atoms with Gasteiger partial charge in [-0.05, 0) is 31.9 Å². The van der Waals surface area contributed by atoms with Crippen molar-refractivity contribution in [3.8, 4) is 0 Å². The molecule has 3 rings (SSSR count). The Morgan fingerprint density at radius 1 is 1.05 bits per heavy atom. The minimum atomic E-state index is 0.898. The fourth-order valence-corrected chi connectivity index (χ4v) is 3.04. The number of nitrogens with zero attached hydrogens (tertiary/aromatic N) is 3. The van der Waals surface area contributed by atoms with Crippen molar-refractivity contribution in [2.75, 3.05) is 32.7 Å². The van der Waals surface area contributed by atoms with Crippen LogP contribution in [0.4, 0.5) is 0 Å². The van der Waals surface area contributed by atoms with Gasteiger partial charge in [0, 0.05) is 38.8 Å². The Bertz CT molecular complexity index is 559. The summed E-state index contributed by atoms with van der Waals surface area (Å²) in [7, 11) is 0. The van der Waals surface area contributed by atoms with Crippen LogP contribution in [0.5, 0.6) is 0 Å². The van der Waals surface area contributed by atoms with E-state index in [0.29, 0.717) is 0 Å². The molecule has 0 spiro atoms. The lowest BCUT2D eigenvalue weighted by Gasteiger charge is -2.34. The van der Waals surface area contributed by atoms with Gasteiger partial charge in [0.25, 0.3) is 0 Å². The average molecular weight is 299 g/mol. The van der Waals surface area contributed by atoms with E-state index < -0.39 is 0 Å². The smallest absolute Gasteiger partial charge is 0.133 e. The van der Waals surface area contributed by atoms with Crippen LogP contribution in [0, 0.1) is 6.92 Å². The van der Waals surface area contributed by atoms with Gasteiger partial charge in [-0.15, -0.1) is 0 Å². The van der Waals surface area contributed by atoms with Crippen molar-refractivity contribution in [3.63, 3.8) is 0 Å². The molecule has 1 aromatic heterocycles. The Morgan fingerprint density at radius 2 is 1.77 bits per heavy atom. The number of hydrogen-bond donors (Lipinski definition) is 0. The highest BCUT2D eigenvalue weighted by Crippen LogP contribution is 2.10. The Hall–Kier alpha value is -1.65. The summed E-state index contributed by atoms with van der Waals surface area (Å²) in [6, 6.07) is 12.8. The molecule has 1 saturated heterocycles. The molecule has 2 heterocycles. The van der Waals surface area contributed by atoms with Crippen molar-refractivity contribution in [1.82, 2.24) is 15.0 Å². The fraction of sp³-hybridized carbons (Fsp3) is 0.500. The number of piperazine rings is 1. The van der Waals surface area contributed by atoms with E-state index in [2.05, 4.69) is 45.3 Å². The van der Waals surface area contributed by atoms with Crippen molar-refractivity contribution in [1.29, 1.82) is 0 Å². The van der Waals surface area contributed by atoms with Gasteiger partial charge in [0.2, 0.25) is 0 Å². The molecule has 0 radical (unpaired) electrons. The third-order valence-electron chi connectivity index (χ3n) is 4.31. The van der Waals surface area contributed by atoms with Gasteiger partial charge in [0.15, 0.2) is 0 Å². The average Bonchev–Trinajstić information content (AvgIpc) is 2.95. The lowest BCUT2D eigenvalue weighted by molar-refractivity contribution is 0.124. The van der Waals surface area contributed by atoms with Gasteiger partial charge in [-0.25, -0.2) is 0 Å². The van der Waals surface area contributed by atoms with E-state index in [1.165, 1.54) is 24.9 Å². The van der Waals surface area contributed by atoms with Gasteiger partial charge in [0.1, 0.15) is 5.76 Å². The van der Waals surface area contributed by atoms with Crippen LogP contribution < -0.4 is 0 Å². The van der Waals surface area contributed by atoms with Crippen LogP contribution in [0.3, 0.4) is 0 Å². The first-order valence-corrected chi connectivity index (χ1v) is 8.20. The van der Waals surface area contributed by atoms with Crippen molar-refractivity contribution in [2.45, 2.75) is 26.3 Å². The second-order valence-corrected chi connectivity index (χ2v) is 6.14. The molecule has 0 amide bonds. The van der Waals surface area contributed by atoms with Crippen LogP contribution in [0.1, 0.15) is 23.4 Å². The minimum absolute atomic E-state index is 0.898. The van der Waals surface area contributed by atoms with Crippen LogP contribution in [0.25, 0.3) is 0 Å². The molecular formula is C18H25N3O. The standard InChI is InChI=1S/C18H25N3O/c1-16-14-18(19-22-16)15-21-12-10-20(11-13-21)9-5-8-17-6-3-2-4-7-17/h2-4,6-7,14H,5,8-13,15H2,1H3. The first kappa shape index (κ1) is 15.3.